The van der Waals surface area contributed by atoms with Gasteiger partial charge in [-0.1, -0.05) is 12.1 Å². The van der Waals surface area contributed by atoms with E-state index >= 15 is 0 Å². The number of fused-ring (bicyclic) bond motifs is 1. The minimum absolute atomic E-state index is 0.0225. The molecule has 4 rings (SSSR count). The molecule has 0 spiro atoms. The summed E-state index contributed by atoms with van der Waals surface area (Å²) in [5.41, 5.74) is 7.35. The van der Waals surface area contributed by atoms with Gasteiger partial charge in [0, 0.05) is 19.3 Å². The fourth-order valence-electron chi connectivity index (χ4n) is 3.98. The maximum atomic E-state index is 6.17. The summed E-state index contributed by atoms with van der Waals surface area (Å²) in [5, 5.41) is 0. The highest BCUT2D eigenvalue weighted by atomic mass is 16.6. The van der Waals surface area contributed by atoms with E-state index in [9.17, 15) is 0 Å². The van der Waals surface area contributed by atoms with E-state index in [-0.39, 0.29) is 12.3 Å². The second-order valence-corrected chi connectivity index (χ2v) is 7.66. The number of hydrogen-bond acceptors (Lipinski definition) is 5. The first-order valence-corrected chi connectivity index (χ1v) is 9.66. The van der Waals surface area contributed by atoms with Crippen molar-refractivity contribution >= 4 is 0 Å². The van der Waals surface area contributed by atoms with Crippen LogP contribution < -0.4 is 15.2 Å². The molecule has 0 radical (unpaired) electrons. The Balaban J connectivity index is 1.24. The van der Waals surface area contributed by atoms with Gasteiger partial charge in [-0.15, -0.1) is 0 Å². The zero-order valence-electron chi connectivity index (χ0n) is 15.5. The van der Waals surface area contributed by atoms with Crippen LogP contribution in [0.5, 0.6) is 11.5 Å². The highest BCUT2D eigenvalue weighted by Crippen LogP contribution is 2.32. The molecule has 2 unspecified atom stereocenters. The fraction of sp³-hybridized carbons (Fsp3) is 0.524. The summed E-state index contributed by atoms with van der Waals surface area (Å²) < 4.78 is 12.0. The lowest BCUT2D eigenvalue weighted by Crippen LogP contribution is -2.46. The van der Waals surface area contributed by atoms with Crippen molar-refractivity contribution in [3.63, 3.8) is 0 Å². The second kappa shape index (κ2) is 7.72. The maximum absolute atomic E-state index is 6.17. The molecule has 26 heavy (non-hydrogen) atoms. The van der Waals surface area contributed by atoms with Gasteiger partial charge >= 0.3 is 0 Å². The summed E-state index contributed by atoms with van der Waals surface area (Å²) >= 11 is 0. The summed E-state index contributed by atoms with van der Waals surface area (Å²) in [4.78, 5) is 4.76. The number of nitrogens with zero attached hydrogens (tertiary/aromatic N) is 2. The van der Waals surface area contributed by atoms with Crippen LogP contribution in [-0.4, -0.2) is 54.9 Å². The van der Waals surface area contributed by atoms with Crippen molar-refractivity contribution in [1.29, 1.82) is 0 Å². The average molecular weight is 355 g/mol. The van der Waals surface area contributed by atoms with Gasteiger partial charge in [-0.3, -0.25) is 4.90 Å². The van der Waals surface area contributed by atoms with Crippen molar-refractivity contribution in [2.75, 3.05) is 32.8 Å². The Bertz CT molecular complexity index is 680. The molecule has 0 saturated carbocycles. The van der Waals surface area contributed by atoms with Gasteiger partial charge in [-0.2, -0.15) is 0 Å². The van der Waals surface area contributed by atoms with Crippen LogP contribution in [0.3, 0.4) is 0 Å². The largest absolute Gasteiger partial charge is 0.486 e. The quantitative estimate of drug-likeness (QED) is 0.899. The van der Waals surface area contributed by atoms with Crippen LogP contribution in [0.15, 0.2) is 42.6 Å². The number of ether oxygens (including phenoxy) is 2. The highest BCUT2D eigenvalue weighted by molar-refractivity contribution is 5.43. The van der Waals surface area contributed by atoms with Crippen molar-refractivity contribution in [2.45, 2.75) is 32.0 Å². The van der Waals surface area contributed by atoms with Crippen LogP contribution in [0.25, 0.3) is 0 Å². The van der Waals surface area contributed by atoms with Crippen LogP contribution in [-0.2, 0) is 0 Å². The molecule has 1 saturated heterocycles. The molecule has 1 fully saturated rings. The summed E-state index contributed by atoms with van der Waals surface area (Å²) in [6.45, 7) is 6.94. The van der Waals surface area contributed by atoms with Crippen molar-refractivity contribution in [3.8, 4) is 11.5 Å². The summed E-state index contributed by atoms with van der Waals surface area (Å²) in [6.07, 6.45) is 10.8. The summed E-state index contributed by atoms with van der Waals surface area (Å²) in [5.74, 6) is 2.46. The molecule has 1 aromatic carbocycles. The molecule has 2 atom stereocenters. The van der Waals surface area contributed by atoms with E-state index < -0.39 is 0 Å². The number of nitrogens with two attached hydrogens (primary N) is 1. The van der Waals surface area contributed by atoms with Crippen molar-refractivity contribution in [1.82, 2.24) is 9.80 Å². The molecule has 3 aliphatic heterocycles. The van der Waals surface area contributed by atoms with Gasteiger partial charge in [0.1, 0.15) is 12.7 Å². The SMILES string of the molecule is Cc1ccc2c(c1)OC(CN1CCC(CN3C=CC=CC3N)CC1)CO2. The van der Waals surface area contributed by atoms with E-state index in [1.165, 1.54) is 18.4 Å². The van der Waals surface area contributed by atoms with Crippen molar-refractivity contribution in [3.05, 3.63) is 48.2 Å². The Morgan fingerprint density at radius 3 is 2.77 bits per heavy atom. The molecule has 3 aliphatic rings. The number of likely N-dealkylation sites (tertiary alicyclic amines) is 1. The van der Waals surface area contributed by atoms with Crippen LogP contribution in [0.4, 0.5) is 0 Å². The third-order valence-electron chi connectivity index (χ3n) is 5.54. The normalized spacial score (nSPS) is 26.3. The molecule has 0 bridgehead atoms. The molecule has 140 valence electrons. The smallest absolute Gasteiger partial charge is 0.162 e. The first kappa shape index (κ1) is 17.4. The molecule has 5 heteroatoms. The Labute approximate surface area is 156 Å². The average Bonchev–Trinajstić information content (AvgIpc) is 2.65. The molecule has 0 aliphatic carbocycles. The zero-order chi connectivity index (χ0) is 17.9. The molecular weight excluding hydrogens is 326 g/mol. The lowest BCUT2D eigenvalue weighted by atomic mass is 9.95. The molecule has 5 nitrogen and oxygen atoms in total. The standard InChI is InChI=1S/C21H29N3O2/c1-16-5-6-19-20(12-16)26-18(15-25-19)14-23-10-7-17(8-11-23)13-24-9-3-2-4-21(24)22/h2-6,9,12,17-18,21H,7-8,10-11,13-15,22H2,1H3. The number of allylic oxidation sites excluding steroid dienone is 2. The fourth-order valence-corrected chi connectivity index (χ4v) is 3.98. The van der Waals surface area contributed by atoms with Gasteiger partial charge in [0.25, 0.3) is 0 Å². The Hall–Kier alpha value is -1.98. The summed E-state index contributed by atoms with van der Waals surface area (Å²) in [7, 11) is 0. The van der Waals surface area contributed by atoms with Gasteiger partial charge in [0.05, 0.1) is 6.17 Å². The van der Waals surface area contributed by atoms with Crippen LogP contribution in [0.1, 0.15) is 18.4 Å². The van der Waals surface area contributed by atoms with Gasteiger partial charge in [-0.25, -0.2) is 0 Å². The number of benzene rings is 1. The molecule has 0 amide bonds. The molecular formula is C21H29N3O2. The predicted molar refractivity (Wildman–Crippen MR) is 103 cm³/mol. The zero-order valence-corrected chi connectivity index (χ0v) is 15.5. The van der Waals surface area contributed by atoms with Crippen LogP contribution in [0.2, 0.25) is 0 Å². The van der Waals surface area contributed by atoms with Crippen molar-refractivity contribution < 1.29 is 9.47 Å². The lowest BCUT2D eigenvalue weighted by molar-refractivity contribution is 0.0454. The number of piperidine rings is 1. The Kier molecular flexibility index (Phi) is 5.18. The maximum Gasteiger partial charge on any atom is 0.162 e. The van der Waals surface area contributed by atoms with Gasteiger partial charge in [0.2, 0.25) is 0 Å². The predicted octanol–water partition coefficient (Wildman–Crippen LogP) is 2.52. The minimum Gasteiger partial charge on any atom is -0.486 e. The minimum atomic E-state index is 0.0225. The van der Waals surface area contributed by atoms with Crippen LogP contribution in [0, 0.1) is 12.8 Å². The number of hydrogen-bond donors (Lipinski definition) is 1. The molecule has 3 heterocycles. The van der Waals surface area contributed by atoms with E-state index in [4.69, 9.17) is 15.2 Å². The second-order valence-electron chi connectivity index (χ2n) is 7.66. The third kappa shape index (κ3) is 4.05. The summed E-state index contributed by atoms with van der Waals surface area (Å²) in [6, 6.07) is 6.13. The highest BCUT2D eigenvalue weighted by Gasteiger charge is 2.27. The molecule has 2 N–H and O–H groups in total. The number of aryl methyl sites for hydroxylation is 1. The monoisotopic (exact) mass is 355 g/mol. The first-order valence-electron chi connectivity index (χ1n) is 9.66. The third-order valence-corrected chi connectivity index (χ3v) is 5.54. The first-order chi connectivity index (χ1) is 12.7. The van der Waals surface area contributed by atoms with E-state index in [1.54, 1.807) is 0 Å². The van der Waals surface area contributed by atoms with Gasteiger partial charge < -0.3 is 20.1 Å². The van der Waals surface area contributed by atoms with E-state index in [2.05, 4.69) is 47.2 Å². The van der Waals surface area contributed by atoms with Gasteiger partial charge in [0.15, 0.2) is 11.5 Å². The topological polar surface area (TPSA) is 51.0 Å². The van der Waals surface area contributed by atoms with E-state index in [1.807, 2.05) is 12.1 Å². The lowest BCUT2D eigenvalue weighted by Gasteiger charge is -2.38. The van der Waals surface area contributed by atoms with E-state index in [0.29, 0.717) is 12.5 Å². The molecule has 0 aromatic heterocycles. The molecule has 1 aromatic rings. The van der Waals surface area contributed by atoms with Gasteiger partial charge in [-0.05, 0) is 68.6 Å². The van der Waals surface area contributed by atoms with Crippen molar-refractivity contribution in [2.24, 2.45) is 11.7 Å². The Morgan fingerprint density at radius 2 is 1.96 bits per heavy atom. The van der Waals surface area contributed by atoms with E-state index in [0.717, 1.165) is 37.7 Å². The number of rotatable bonds is 4. The Morgan fingerprint density at radius 1 is 1.12 bits per heavy atom. The van der Waals surface area contributed by atoms with Crippen LogP contribution >= 0.6 is 0 Å².